The van der Waals surface area contributed by atoms with E-state index in [0.717, 1.165) is 40.8 Å². The molecule has 0 amide bonds. The van der Waals surface area contributed by atoms with Crippen LogP contribution in [-0.2, 0) is 6.54 Å². The molecule has 2 aromatic carbocycles. The van der Waals surface area contributed by atoms with Crippen molar-refractivity contribution in [2.45, 2.75) is 19.4 Å². The van der Waals surface area contributed by atoms with Gasteiger partial charge in [0.25, 0.3) is 0 Å². The molecule has 1 saturated heterocycles. The molecule has 1 aliphatic heterocycles. The van der Waals surface area contributed by atoms with Gasteiger partial charge in [-0.1, -0.05) is 54.1 Å². The van der Waals surface area contributed by atoms with Gasteiger partial charge in [0, 0.05) is 36.3 Å². The van der Waals surface area contributed by atoms with Crippen LogP contribution in [0.1, 0.15) is 18.4 Å². The summed E-state index contributed by atoms with van der Waals surface area (Å²) in [4.78, 5) is 11.8. The minimum atomic E-state index is 0.656. The Bertz CT molecular complexity index is 859. The fraction of sp³-hybridized carbons (Fsp3) is 0.238. The Kier molecular flexibility index (Phi) is 5.02. The molecule has 4 nitrogen and oxygen atoms in total. The van der Waals surface area contributed by atoms with Gasteiger partial charge in [-0.05, 0) is 30.5 Å². The summed E-state index contributed by atoms with van der Waals surface area (Å²) in [5, 5.41) is 4.11. The summed E-state index contributed by atoms with van der Waals surface area (Å²) in [6, 6.07) is 20.2. The van der Waals surface area contributed by atoms with Crippen LogP contribution in [0.5, 0.6) is 0 Å². The number of aromatic nitrogens is 2. The topological polar surface area (TPSA) is 41.1 Å². The highest BCUT2D eigenvalue weighted by atomic mass is 35.5. The molecule has 3 aromatic rings. The second kappa shape index (κ2) is 7.75. The third-order valence-corrected chi connectivity index (χ3v) is 4.83. The highest BCUT2D eigenvalue weighted by Gasteiger charge is 2.16. The van der Waals surface area contributed by atoms with E-state index in [9.17, 15) is 0 Å². The van der Waals surface area contributed by atoms with Crippen molar-refractivity contribution < 1.29 is 0 Å². The molecule has 1 N–H and O–H groups in total. The van der Waals surface area contributed by atoms with Gasteiger partial charge >= 0.3 is 0 Å². The fourth-order valence-electron chi connectivity index (χ4n) is 3.16. The third-order valence-electron chi connectivity index (χ3n) is 4.58. The van der Waals surface area contributed by atoms with E-state index in [1.165, 1.54) is 12.8 Å². The van der Waals surface area contributed by atoms with Crippen molar-refractivity contribution in [3.05, 3.63) is 71.2 Å². The maximum atomic E-state index is 5.96. The molecule has 2 heterocycles. The van der Waals surface area contributed by atoms with Crippen LogP contribution < -0.4 is 10.2 Å². The monoisotopic (exact) mass is 364 g/mol. The molecule has 5 heteroatoms. The van der Waals surface area contributed by atoms with E-state index in [0.29, 0.717) is 12.5 Å². The second-order valence-electron chi connectivity index (χ2n) is 6.48. The number of anilines is 2. The number of benzene rings is 2. The quantitative estimate of drug-likeness (QED) is 0.691. The van der Waals surface area contributed by atoms with E-state index in [4.69, 9.17) is 21.6 Å². The summed E-state index contributed by atoms with van der Waals surface area (Å²) in [6.07, 6.45) is 2.44. The maximum absolute atomic E-state index is 5.96. The van der Waals surface area contributed by atoms with Gasteiger partial charge in [-0.3, -0.25) is 0 Å². The lowest BCUT2D eigenvalue weighted by Gasteiger charge is -2.18. The predicted octanol–water partition coefficient (Wildman–Crippen LogP) is 5.01. The first-order chi connectivity index (χ1) is 12.8. The van der Waals surface area contributed by atoms with E-state index in [2.05, 4.69) is 28.4 Å². The van der Waals surface area contributed by atoms with Crippen LogP contribution in [0.2, 0.25) is 5.02 Å². The van der Waals surface area contributed by atoms with Gasteiger partial charge in [-0.2, -0.15) is 4.98 Å². The molecule has 132 valence electrons. The predicted molar refractivity (Wildman–Crippen MR) is 108 cm³/mol. The zero-order valence-electron chi connectivity index (χ0n) is 14.5. The standard InChI is InChI=1S/C21H21ClN4/c22-18-10-8-16(9-11-18)15-23-21-24-19(17-6-2-1-3-7-17)14-20(25-21)26-12-4-5-13-26/h1-3,6-11,14H,4-5,12-13,15H2,(H,23,24,25). The molecule has 1 fully saturated rings. The van der Waals surface area contributed by atoms with Gasteiger partial charge in [-0.15, -0.1) is 0 Å². The summed E-state index contributed by atoms with van der Waals surface area (Å²) in [5.41, 5.74) is 3.19. The summed E-state index contributed by atoms with van der Waals surface area (Å²) >= 11 is 5.96. The second-order valence-corrected chi connectivity index (χ2v) is 6.91. The molecule has 4 rings (SSSR count). The van der Waals surface area contributed by atoms with Crippen LogP contribution in [0, 0.1) is 0 Å². The molecule has 0 radical (unpaired) electrons. The van der Waals surface area contributed by atoms with Crippen molar-refractivity contribution in [3.63, 3.8) is 0 Å². The molecule has 0 spiro atoms. The van der Waals surface area contributed by atoms with E-state index in [-0.39, 0.29) is 0 Å². The van der Waals surface area contributed by atoms with Crippen LogP contribution in [-0.4, -0.2) is 23.1 Å². The molecule has 26 heavy (non-hydrogen) atoms. The third kappa shape index (κ3) is 3.97. The van der Waals surface area contributed by atoms with Gasteiger partial charge in [0.2, 0.25) is 5.95 Å². The smallest absolute Gasteiger partial charge is 0.225 e. The number of halogens is 1. The molecule has 1 aromatic heterocycles. The van der Waals surface area contributed by atoms with Gasteiger partial charge in [0.1, 0.15) is 5.82 Å². The molecule has 0 unspecified atom stereocenters. The average molecular weight is 365 g/mol. The van der Waals surface area contributed by atoms with Crippen LogP contribution in [0.3, 0.4) is 0 Å². The number of nitrogens with zero attached hydrogens (tertiary/aromatic N) is 3. The van der Waals surface area contributed by atoms with E-state index in [1.54, 1.807) is 0 Å². The summed E-state index contributed by atoms with van der Waals surface area (Å²) in [6.45, 7) is 2.78. The number of hydrogen-bond acceptors (Lipinski definition) is 4. The van der Waals surface area contributed by atoms with Crippen LogP contribution in [0.4, 0.5) is 11.8 Å². The Balaban J connectivity index is 1.61. The van der Waals surface area contributed by atoms with E-state index < -0.39 is 0 Å². The largest absolute Gasteiger partial charge is 0.356 e. The zero-order chi connectivity index (χ0) is 17.8. The van der Waals surface area contributed by atoms with Gasteiger partial charge in [0.15, 0.2) is 0 Å². The molecular weight excluding hydrogens is 344 g/mol. The SMILES string of the molecule is Clc1ccc(CNc2nc(-c3ccccc3)cc(N3CCCC3)n2)cc1. The Labute approximate surface area is 158 Å². The van der Waals surface area contributed by atoms with Gasteiger partial charge in [-0.25, -0.2) is 4.98 Å². The highest BCUT2D eigenvalue weighted by Crippen LogP contribution is 2.26. The van der Waals surface area contributed by atoms with E-state index in [1.807, 2.05) is 42.5 Å². The zero-order valence-corrected chi connectivity index (χ0v) is 15.3. The van der Waals surface area contributed by atoms with Crippen molar-refractivity contribution in [1.29, 1.82) is 0 Å². The van der Waals surface area contributed by atoms with Crippen molar-refractivity contribution in [3.8, 4) is 11.3 Å². The van der Waals surface area contributed by atoms with Crippen molar-refractivity contribution in [1.82, 2.24) is 9.97 Å². The Morgan fingerprint density at radius 3 is 2.38 bits per heavy atom. The Morgan fingerprint density at radius 2 is 1.65 bits per heavy atom. The maximum Gasteiger partial charge on any atom is 0.225 e. The lowest BCUT2D eigenvalue weighted by Crippen LogP contribution is -2.20. The number of hydrogen-bond donors (Lipinski definition) is 1. The minimum absolute atomic E-state index is 0.656. The molecular formula is C21H21ClN4. The number of rotatable bonds is 5. The minimum Gasteiger partial charge on any atom is -0.356 e. The fourth-order valence-corrected chi connectivity index (χ4v) is 3.29. The van der Waals surface area contributed by atoms with Crippen LogP contribution in [0.15, 0.2) is 60.7 Å². The van der Waals surface area contributed by atoms with Crippen molar-refractivity contribution in [2.24, 2.45) is 0 Å². The van der Waals surface area contributed by atoms with Crippen molar-refractivity contribution >= 4 is 23.4 Å². The van der Waals surface area contributed by atoms with Gasteiger partial charge in [0.05, 0.1) is 5.69 Å². The Hall–Kier alpha value is -2.59. The van der Waals surface area contributed by atoms with E-state index >= 15 is 0 Å². The summed E-state index contributed by atoms with van der Waals surface area (Å²) < 4.78 is 0. The Morgan fingerprint density at radius 1 is 0.923 bits per heavy atom. The lowest BCUT2D eigenvalue weighted by molar-refractivity contribution is 0.924. The lowest BCUT2D eigenvalue weighted by atomic mass is 10.1. The highest BCUT2D eigenvalue weighted by molar-refractivity contribution is 6.30. The molecule has 0 aliphatic carbocycles. The average Bonchev–Trinajstić information content (AvgIpc) is 3.23. The summed E-state index contributed by atoms with van der Waals surface area (Å²) in [5.74, 6) is 1.65. The first kappa shape index (κ1) is 16.9. The molecule has 0 saturated carbocycles. The van der Waals surface area contributed by atoms with Gasteiger partial charge < -0.3 is 10.2 Å². The van der Waals surface area contributed by atoms with Crippen LogP contribution >= 0.6 is 11.6 Å². The first-order valence-corrected chi connectivity index (χ1v) is 9.33. The first-order valence-electron chi connectivity index (χ1n) is 8.96. The molecule has 1 aliphatic rings. The number of nitrogens with one attached hydrogen (secondary N) is 1. The van der Waals surface area contributed by atoms with Crippen LogP contribution in [0.25, 0.3) is 11.3 Å². The van der Waals surface area contributed by atoms with Crippen molar-refractivity contribution in [2.75, 3.05) is 23.3 Å². The summed E-state index contributed by atoms with van der Waals surface area (Å²) in [7, 11) is 0. The normalized spacial score (nSPS) is 13.8. The molecule has 0 atom stereocenters. The molecule has 0 bridgehead atoms.